The predicted molar refractivity (Wildman–Crippen MR) is 79.4 cm³/mol. The standard InChI is InChI=1S/C15H14N4O3/c1-21-13-8-5-11(9-16-13)19-14(17-15(18-19)22-2)10-3-6-12(20)7-4-10/h3-9,20H,1-2H3. The van der Waals surface area contributed by atoms with Gasteiger partial charge in [-0.05, 0) is 30.3 Å². The van der Waals surface area contributed by atoms with Gasteiger partial charge in [-0.1, -0.05) is 0 Å². The van der Waals surface area contributed by atoms with Gasteiger partial charge in [0, 0.05) is 11.6 Å². The summed E-state index contributed by atoms with van der Waals surface area (Å²) in [6, 6.07) is 10.5. The number of benzene rings is 1. The van der Waals surface area contributed by atoms with E-state index >= 15 is 0 Å². The summed E-state index contributed by atoms with van der Waals surface area (Å²) >= 11 is 0. The topological polar surface area (TPSA) is 82.3 Å². The number of hydrogen-bond acceptors (Lipinski definition) is 6. The molecule has 22 heavy (non-hydrogen) atoms. The zero-order valence-corrected chi connectivity index (χ0v) is 12.1. The van der Waals surface area contributed by atoms with Crippen LogP contribution in [0.4, 0.5) is 0 Å². The van der Waals surface area contributed by atoms with Gasteiger partial charge in [-0.2, -0.15) is 4.98 Å². The third-order valence-corrected chi connectivity index (χ3v) is 3.07. The minimum Gasteiger partial charge on any atom is -0.508 e. The molecule has 0 unspecified atom stereocenters. The smallest absolute Gasteiger partial charge is 0.336 e. The number of rotatable bonds is 4. The molecule has 0 aliphatic rings. The summed E-state index contributed by atoms with van der Waals surface area (Å²) in [5.74, 6) is 1.29. The van der Waals surface area contributed by atoms with E-state index < -0.39 is 0 Å². The Hall–Kier alpha value is -3.09. The number of phenols is 1. The molecule has 112 valence electrons. The summed E-state index contributed by atoms with van der Waals surface area (Å²) in [6.45, 7) is 0. The molecule has 2 heterocycles. The molecule has 1 aromatic carbocycles. The van der Waals surface area contributed by atoms with Gasteiger partial charge in [-0.3, -0.25) is 0 Å². The molecule has 0 bridgehead atoms. The Morgan fingerprint density at radius 3 is 2.36 bits per heavy atom. The SMILES string of the molecule is COc1ccc(-n2nc(OC)nc2-c2ccc(O)cc2)cn1. The van der Waals surface area contributed by atoms with E-state index in [1.54, 1.807) is 48.3 Å². The first-order valence-corrected chi connectivity index (χ1v) is 6.52. The molecule has 7 nitrogen and oxygen atoms in total. The molecule has 0 radical (unpaired) electrons. The van der Waals surface area contributed by atoms with Crippen molar-refractivity contribution in [2.45, 2.75) is 0 Å². The van der Waals surface area contributed by atoms with Crippen molar-refractivity contribution < 1.29 is 14.6 Å². The maximum Gasteiger partial charge on any atom is 0.336 e. The van der Waals surface area contributed by atoms with Gasteiger partial charge in [0.05, 0.1) is 26.1 Å². The summed E-state index contributed by atoms with van der Waals surface area (Å²) in [5, 5.41) is 13.7. The Balaban J connectivity index is 2.09. The van der Waals surface area contributed by atoms with E-state index in [-0.39, 0.29) is 11.8 Å². The highest BCUT2D eigenvalue weighted by Crippen LogP contribution is 2.25. The second kappa shape index (κ2) is 5.72. The number of methoxy groups -OCH3 is 2. The average Bonchev–Trinajstić information content (AvgIpc) is 3.00. The largest absolute Gasteiger partial charge is 0.508 e. The highest BCUT2D eigenvalue weighted by atomic mass is 16.5. The van der Waals surface area contributed by atoms with Crippen LogP contribution in [-0.4, -0.2) is 39.1 Å². The van der Waals surface area contributed by atoms with E-state index in [0.717, 1.165) is 11.3 Å². The highest BCUT2D eigenvalue weighted by Gasteiger charge is 2.14. The van der Waals surface area contributed by atoms with Gasteiger partial charge in [-0.25, -0.2) is 9.67 Å². The number of aromatic nitrogens is 4. The maximum atomic E-state index is 9.41. The first-order chi connectivity index (χ1) is 10.7. The Kier molecular flexibility index (Phi) is 3.61. The second-order valence-corrected chi connectivity index (χ2v) is 4.44. The molecule has 0 aliphatic heterocycles. The van der Waals surface area contributed by atoms with Gasteiger partial charge in [-0.15, -0.1) is 5.10 Å². The van der Waals surface area contributed by atoms with E-state index in [1.807, 2.05) is 6.07 Å². The lowest BCUT2D eigenvalue weighted by Crippen LogP contribution is -2.01. The predicted octanol–water partition coefficient (Wildman–Crippen LogP) is 2.05. The Bertz CT molecular complexity index is 766. The lowest BCUT2D eigenvalue weighted by Gasteiger charge is -2.06. The molecule has 3 rings (SSSR count). The van der Waals surface area contributed by atoms with Crippen molar-refractivity contribution in [3.05, 3.63) is 42.6 Å². The Morgan fingerprint density at radius 2 is 1.77 bits per heavy atom. The number of nitrogens with zero attached hydrogens (tertiary/aromatic N) is 4. The van der Waals surface area contributed by atoms with Gasteiger partial charge in [0.25, 0.3) is 0 Å². The van der Waals surface area contributed by atoms with Crippen LogP contribution >= 0.6 is 0 Å². The van der Waals surface area contributed by atoms with Crippen LogP contribution in [-0.2, 0) is 0 Å². The van der Waals surface area contributed by atoms with Crippen molar-refractivity contribution in [2.24, 2.45) is 0 Å². The molecule has 0 atom stereocenters. The lowest BCUT2D eigenvalue weighted by atomic mass is 10.2. The summed E-state index contributed by atoms with van der Waals surface area (Å²) < 4.78 is 11.8. The van der Waals surface area contributed by atoms with E-state index in [9.17, 15) is 5.11 Å². The molecule has 0 aliphatic carbocycles. The van der Waals surface area contributed by atoms with Crippen molar-refractivity contribution in [2.75, 3.05) is 14.2 Å². The quantitative estimate of drug-likeness (QED) is 0.794. The summed E-state index contributed by atoms with van der Waals surface area (Å²) in [4.78, 5) is 8.50. The van der Waals surface area contributed by atoms with Gasteiger partial charge in [0.2, 0.25) is 5.88 Å². The van der Waals surface area contributed by atoms with E-state index in [4.69, 9.17) is 9.47 Å². The number of phenolic OH excluding ortho intramolecular Hbond substituents is 1. The molecule has 0 saturated heterocycles. The van der Waals surface area contributed by atoms with Crippen LogP contribution in [0.15, 0.2) is 42.6 Å². The van der Waals surface area contributed by atoms with Crippen molar-refractivity contribution in [3.8, 4) is 34.7 Å². The highest BCUT2D eigenvalue weighted by molar-refractivity contribution is 5.59. The van der Waals surface area contributed by atoms with Crippen LogP contribution in [0.3, 0.4) is 0 Å². The van der Waals surface area contributed by atoms with Crippen LogP contribution < -0.4 is 9.47 Å². The van der Waals surface area contributed by atoms with E-state index in [2.05, 4.69) is 15.1 Å². The molecule has 7 heteroatoms. The molecule has 0 spiro atoms. The Labute approximate surface area is 126 Å². The molecule has 0 amide bonds. The fourth-order valence-corrected chi connectivity index (χ4v) is 1.98. The summed E-state index contributed by atoms with van der Waals surface area (Å²) in [7, 11) is 3.06. The van der Waals surface area contributed by atoms with Crippen molar-refractivity contribution in [1.29, 1.82) is 0 Å². The molecule has 0 saturated carbocycles. The summed E-state index contributed by atoms with van der Waals surface area (Å²) in [5.41, 5.74) is 1.52. The molecule has 0 fully saturated rings. The molecule has 2 aromatic heterocycles. The van der Waals surface area contributed by atoms with Gasteiger partial charge >= 0.3 is 6.01 Å². The first-order valence-electron chi connectivity index (χ1n) is 6.52. The summed E-state index contributed by atoms with van der Waals surface area (Å²) in [6.07, 6.45) is 1.64. The fraction of sp³-hybridized carbons (Fsp3) is 0.133. The van der Waals surface area contributed by atoms with Gasteiger partial charge < -0.3 is 14.6 Å². The normalized spacial score (nSPS) is 10.5. The van der Waals surface area contributed by atoms with E-state index in [1.165, 1.54) is 7.11 Å². The first kappa shape index (κ1) is 13.9. The van der Waals surface area contributed by atoms with E-state index in [0.29, 0.717) is 11.7 Å². The Morgan fingerprint density at radius 1 is 1.00 bits per heavy atom. The molecular weight excluding hydrogens is 284 g/mol. The number of ether oxygens (including phenoxy) is 2. The minimum atomic E-state index is 0.188. The molecular formula is C15H14N4O3. The van der Waals surface area contributed by atoms with Gasteiger partial charge in [0.1, 0.15) is 5.75 Å². The molecule has 1 N–H and O–H groups in total. The monoisotopic (exact) mass is 298 g/mol. The number of hydrogen-bond donors (Lipinski definition) is 1. The average molecular weight is 298 g/mol. The zero-order valence-electron chi connectivity index (χ0n) is 12.1. The van der Waals surface area contributed by atoms with Crippen molar-refractivity contribution in [3.63, 3.8) is 0 Å². The third-order valence-electron chi connectivity index (χ3n) is 3.07. The maximum absolute atomic E-state index is 9.41. The van der Waals surface area contributed by atoms with Gasteiger partial charge in [0.15, 0.2) is 5.82 Å². The second-order valence-electron chi connectivity index (χ2n) is 4.44. The minimum absolute atomic E-state index is 0.188. The van der Waals surface area contributed by atoms with Crippen LogP contribution in [0.1, 0.15) is 0 Å². The fourth-order valence-electron chi connectivity index (χ4n) is 1.98. The van der Waals surface area contributed by atoms with Crippen LogP contribution in [0, 0.1) is 0 Å². The van der Waals surface area contributed by atoms with Crippen LogP contribution in [0.25, 0.3) is 17.1 Å². The van der Waals surface area contributed by atoms with Crippen LogP contribution in [0.5, 0.6) is 17.6 Å². The number of aromatic hydroxyl groups is 1. The van der Waals surface area contributed by atoms with Crippen molar-refractivity contribution in [1.82, 2.24) is 19.7 Å². The number of pyridine rings is 1. The zero-order chi connectivity index (χ0) is 15.5. The lowest BCUT2D eigenvalue weighted by molar-refractivity contribution is 0.379. The van der Waals surface area contributed by atoms with Crippen LogP contribution in [0.2, 0.25) is 0 Å². The molecule has 3 aromatic rings. The third kappa shape index (κ3) is 2.56. The van der Waals surface area contributed by atoms with Crippen molar-refractivity contribution >= 4 is 0 Å².